The van der Waals surface area contributed by atoms with Crippen LogP contribution in [0.3, 0.4) is 0 Å². The molecule has 0 bridgehead atoms. The van der Waals surface area contributed by atoms with Gasteiger partial charge in [-0.1, -0.05) is 24.3 Å². The summed E-state index contributed by atoms with van der Waals surface area (Å²) in [6.45, 7) is 6.62. The third-order valence-electron chi connectivity index (χ3n) is 6.80. The molecule has 0 saturated carbocycles. The van der Waals surface area contributed by atoms with Crippen LogP contribution in [0.4, 0.5) is 21.5 Å². The fraction of sp³-hybridized carbons (Fsp3) is 0.355. The van der Waals surface area contributed by atoms with Crippen molar-refractivity contribution in [1.82, 2.24) is 5.32 Å². The Morgan fingerprint density at radius 3 is 2.33 bits per heavy atom. The number of amides is 2. The summed E-state index contributed by atoms with van der Waals surface area (Å²) in [7, 11) is 1.67. The SMILES string of the molecule is CCOCCCNC(=O)c1cc(NC(=O)Cc2ccc(F)cc2)ccc1N1CCN(c2ccccc2OC)CC1. The number of carbonyl (C=O) groups excluding carboxylic acids is 2. The quantitative estimate of drug-likeness (QED) is 0.325. The second-order valence-electron chi connectivity index (χ2n) is 9.54. The van der Waals surface area contributed by atoms with Crippen LogP contribution < -0.4 is 25.2 Å². The van der Waals surface area contributed by atoms with E-state index in [1.807, 2.05) is 37.3 Å². The van der Waals surface area contributed by atoms with Gasteiger partial charge in [-0.3, -0.25) is 9.59 Å². The van der Waals surface area contributed by atoms with Crippen LogP contribution in [-0.4, -0.2) is 64.9 Å². The Morgan fingerprint density at radius 1 is 0.925 bits per heavy atom. The van der Waals surface area contributed by atoms with E-state index < -0.39 is 0 Å². The maximum atomic E-state index is 13.3. The molecule has 8 nitrogen and oxygen atoms in total. The summed E-state index contributed by atoms with van der Waals surface area (Å²) in [5, 5.41) is 5.87. The van der Waals surface area contributed by atoms with E-state index in [0.717, 1.165) is 43.3 Å². The van der Waals surface area contributed by atoms with Crippen LogP contribution in [0, 0.1) is 5.82 Å². The third-order valence-corrected chi connectivity index (χ3v) is 6.80. The van der Waals surface area contributed by atoms with Crippen LogP contribution in [0.5, 0.6) is 5.75 Å². The summed E-state index contributed by atoms with van der Waals surface area (Å²) < 4.78 is 24.1. The van der Waals surface area contributed by atoms with Gasteiger partial charge in [-0.05, 0) is 61.4 Å². The molecule has 0 unspecified atom stereocenters. The Bertz CT molecular complexity index is 1280. The van der Waals surface area contributed by atoms with E-state index in [2.05, 4.69) is 26.5 Å². The van der Waals surface area contributed by atoms with E-state index in [0.29, 0.717) is 43.0 Å². The topological polar surface area (TPSA) is 83.1 Å². The standard InChI is InChI=1S/C31H37FN4O4/c1-3-40-20-6-15-33-31(38)26-22-25(34-30(37)21-23-9-11-24(32)12-10-23)13-14-27(26)35-16-18-36(19-17-35)28-7-4-5-8-29(28)39-2/h4-5,7-14,22H,3,6,15-21H2,1-2H3,(H,33,38)(H,34,37). The maximum Gasteiger partial charge on any atom is 0.253 e. The summed E-state index contributed by atoms with van der Waals surface area (Å²) in [5.41, 5.74) is 3.61. The van der Waals surface area contributed by atoms with E-state index in [-0.39, 0.29) is 24.1 Å². The van der Waals surface area contributed by atoms with Crippen molar-refractivity contribution < 1.29 is 23.5 Å². The number of hydrogen-bond donors (Lipinski definition) is 2. The number of anilines is 3. The highest BCUT2D eigenvalue weighted by Crippen LogP contribution is 2.31. The molecular formula is C31H37FN4O4. The fourth-order valence-corrected chi connectivity index (χ4v) is 4.76. The molecule has 1 fully saturated rings. The third kappa shape index (κ3) is 7.72. The molecule has 1 heterocycles. The number of para-hydroxylation sites is 2. The molecular weight excluding hydrogens is 511 g/mol. The van der Waals surface area contributed by atoms with Crippen LogP contribution in [0.1, 0.15) is 29.3 Å². The molecule has 1 saturated heterocycles. The zero-order valence-electron chi connectivity index (χ0n) is 23.1. The van der Waals surface area contributed by atoms with Crippen molar-refractivity contribution >= 4 is 28.9 Å². The van der Waals surface area contributed by atoms with Gasteiger partial charge in [0.1, 0.15) is 11.6 Å². The number of carbonyl (C=O) groups is 2. The Morgan fingerprint density at radius 2 is 1.62 bits per heavy atom. The van der Waals surface area contributed by atoms with E-state index >= 15 is 0 Å². The summed E-state index contributed by atoms with van der Waals surface area (Å²) >= 11 is 0. The highest BCUT2D eigenvalue weighted by atomic mass is 19.1. The summed E-state index contributed by atoms with van der Waals surface area (Å²) in [6, 6.07) is 19.2. The van der Waals surface area contributed by atoms with Crippen molar-refractivity contribution in [1.29, 1.82) is 0 Å². The molecule has 2 N–H and O–H groups in total. The minimum atomic E-state index is -0.347. The van der Waals surface area contributed by atoms with Crippen LogP contribution in [0.15, 0.2) is 66.7 Å². The molecule has 1 aliphatic heterocycles. The molecule has 0 spiro atoms. The highest BCUT2D eigenvalue weighted by molar-refractivity contribution is 6.02. The minimum absolute atomic E-state index is 0.103. The second kappa shape index (κ2) is 14.3. The lowest BCUT2D eigenvalue weighted by atomic mass is 10.1. The monoisotopic (exact) mass is 548 g/mol. The molecule has 1 aliphatic rings. The van der Waals surface area contributed by atoms with E-state index in [1.54, 1.807) is 25.3 Å². The number of benzene rings is 3. The average Bonchev–Trinajstić information content (AvgIpc) is 2.98. The predicted molar refractivity (Wildman–Crippen MR) is 156 cm³/mol. The molecule has 0 atom stereocenters. The first-order chi connectivity index (χ1) is 19.5. The fourth-order valence-electron chi connectivity index (χ4n) is 4.76. The lowest BCUT2D eigenvalue weighted by molar-refractivity contribution is -0.115. The highest BCUT2D eigenvalue weighted by Gasteiger charge is 2.24. The lowest BCUT2D eigenvalue weighted by Gasteiger charge is -2.38. The molecule has 9 heteroatoms. The van der Waals surface area contributed by atoms with Crippen LogP contribution in [0.2, 0.25) is 0 Å². The maximum absolute atomic E-state index is 13.3. The molecule has 0 aromatic heterocycles. The van der Waals surface area contributed by atoms with Gasteiger partial charge in [0, 0.05) is 57.3 Å². The first kappa shape index (κ1) is 28.9. The first-order valence-corrected chi connectivity index (χ1v) is 13.7. The van der Waals surface area contributed by atoms with Crippen molar-refractivity contribution in [2.45, 2.75) is 19.8 Å². The largest absolute Gasteiger partial charge is 0.495 e. The van der Waals surface area contributed by atoms with Gasteiger partial charge in [-0.2, -0.15) is 0 Å². The number of piperazine rings is 1. The predicted octanol–water partition coefficient (Wildman–Crippen LogP) is 4.50. The number of hydrogen-bond acceptors (Lipinski definition) is 6. The van der Waals surface area contributed by atoms with E-state index in [4.69, 9.17) is 9.47 Å². The van der Waals surface area contributed by atoms with Gasteiger partial charge in [0.15, 0.2) is 0 Å². The summed E-state index contributed by atoms with van der Waals surface area (Å²) in [4.78, 5) is 30.5. The number of rotatable bonds is 12. The average molecular weight is 549 g/mol. The molecule has 2 amide bonds. The van der Waals surface area contributed by atoms with Crippen LogP contribution in [0.25, 0.3) is 0 Å². The van der Waals surface area contributed by atoms with Gasteiger partial charge < -0.3 is 29.9 Å². The normalized spacial score (nSPS) is 13.2. The molecule has 4 rings (SSSR count). The minimum Gasteiger partial charge on any atom is -0.495 e. The van der Waals surface area contributed by atoms with E-state index in [9.17, 15) is 14.0 Å². The second-order valence-corrected chi connectivity index (χ2v) is 9.54. The summed E-state index contributed by atoms with van der Waals surface area (Å²) in [5.74, 6) is 0.0466. The van der Waals surface area contributed by atoms with Gasteiger partial charge in [-0.25, -0.2) is 4.39 Å². The smallest absolute Gasteiger partial charge is 0.253 e. The zero-order valence-corrected chi connectivity index (χ0v) is 23.1. The van der Waals surface area contributed by atoms with Crippen molar-refractivity contribution in [3.63, 3.8) is 0 Å². The van der Waals surface area contributed by atoms with Crippen LogP contribution >= 0.6 is 0 Å². The van der Waals surface area contributed by atoms with Gasteiger partial charge in [0.05, 0.1) is 24.8 Å². The first-order valence-electron chi connectivity index (χ1n) is 13.7. The Hall–Kier alpha value is -4.11. The van der Waals surface area contributed by atoms with Gasteiger partial charge >= 0.3 is 0 Å². The molecule has 0 radical (unpaired) electrons. The number of nitrogens with zero attached hydrogens (tertiary/aromatic N) is 2. The van der Waals surface area contributed by atoms with Gasteiger partial charge in [0.2, 0.25) is 5.91 Å². The molecule has 212 valence electrons. The van der Waals surface area contributed by atoms with Crippen molar-refractivity contribution in [3.8, 4) is 5.75 Å². The Balaban J connectivity index is 1.48. The number of halogens is 1. The number of nitrogens with one attached hydrogen (secondary N) is 2. The van der Waals surface area contributed by atoms with Crippen molar-refractivity contribution in [3.05, 3.63) is 83.7 Å². The molecule has 3 aromatic rings. The number of ether oxygens (including phenoxy) is 2. The van der Waals surface area contributed by atoms with Gasteiger partial charge in [0.25, 0.3) is 5.91 Å². The van der Waals surface area contributed by atoms with Crippen LogP contribution in [-0.2, 0) is 16.0 Å². The molecule has 40 heavy (non-hydrogen) atoms. The Kier molecular flexibility index (Phi) is 10.3. The van der Waals surface area contributed by atoms with Gasteiger partial charge in [-0.15, -0.1) is 0 Å². The number of methoxy groups -OCH3 is 1. The van der Waals surface area contributed by atoms with Crippen molar-refractivity contribution in [2.24, 2.45) is 0 Å². The Labute approximate surface area is 235 Å². The molecule has 0 aliphatic carbocycles. The zero-order chi connectivity index (χ0) is 28.3. The van der Waals surface area contributed by atoms with Crippen molar-refractivity contribution in [2.75, 3.05) is 68.2 Å². The summed E-state index contributed by atoms with van der Waals surface area (Å²) in [6.07, 6.45) is 0.812. The lowest BCUT2D eigenvalue weighted by Crippen LogP contribution is -2.47. The van der Waals surface area contributed by atoms with E-state index in [1.165, 1.54) is 12.1 Å². The molecule has 3 aromatic carbocycles.